The largest absolute Gasteiger partial charge is 0.342 e. The number of likely N-dealkylation sites (tertiary alicyclic amines) is 1. The second-order valence-electron chi connectivity index (χ2n) is 8.09. The summed E-state index contributed by atoms with van der Waals surface area (Å²) in [5, 5.41) is 3.79. The molecular weight excluding hydrogens is 382 g/mol. The monoisotopic (exact) mass is 411 g/mol. The summed E-state index contributed by atoms with van der Waals surface area (Å²) in [5.41, 5.74) is 1.44. The molecule has 0 radical (unpaired) electrons. The molecule has 2 saturated heterocycles. The second kappa shape index (κ2) is 9.38. The minimum atomic E-state index is 0.0155. The Bertz CT molecular complexity index is 863. The van der Waals surface area contributed by atoms with Crippen molar-refractivity contribution in [3.63, 3.8) is 0 Å². The summed E-state index contributed by atoms with van der Waals surface area (Å²) in [6.07, 6.45) is 4.66. The van der Waals surface area contributed by atoms with Crippen LogP contribution < -0.4 is 0 Å². The minimum Gasteiger partial charge on any atom is -0.342 e. The van der Waals surface area contributed by atoms with Crippen LogP contribution in [-0.2, 0) is 4.79 Å². The predicted octanol–water partition coefficient (Wildman–Crippen LogP) is 2.21. The Morgan fingerprint density at radius 1 is 0.900 bits per heavy atom. The van der Waals surface area contributed by atoms with Gasteiger partial charge in [0.05, 0.1) is 6.54 Å². The van der Waals surface area contributed by atoms with Gasteiger partial charge in [-0.3, -0.25) is 14.5 Å². The van der Waals surface area contributed by atoms with Crippen molar-refractivity contribution in [2.45, 2.75) is 32.6 Å². The number of carbonyl (C=O) groups is 2. The van der Waals surface area contributed by atoms with Crippen molar-refractivity contribution in [3.8, 4) is 11.5 Å². The van der Waals surface area contributed by atoms with Gasteiger partial charge >= 0.3 is 0 Å². The average Bonchev–Trinajstić information content (AvgIpc) is 3.02. The molecule has 2 aliphatic rings. The van der Waals surface area contributed by atoms with Crippen molar-refractivity contribution < 1.29 is 14.1 Å². The predicted molar refractivity (Wildman–Crippen MR) is 112 cm³/mol. The van der Waals surface area contributed by atoms with E-state index in [9.17, 15) is 9.59 Å². The fourth-order valence-corrected chi connectivity index (χ4v) is 4.07. The smallest absolute Gasteiger partial charge is 0.257 e. The van der Waals surface area contributed by atoms with E-state index in [-0.39, 0.29) is 11.8 Å². The topological polar surface area (TPSA) is 82.8 Å². The van der Waals surface area contributed by atoms with E-state index in [4.69, 9.17) is 4.52 Å². The maximum atomic E-state index is 12.8. The van der Waals surface area contributed by atoms with Gasteiger partial charge in [0.25, 0.3) is 11.8 Å². The molecule has 2 fully saturated rings. The highest BCUT2D eigenvalue weighted by Crippen LogP contribution is 2.19. The Morgan fingerprint density at radius 2 is 1.57 bits per heavy atom. The Kier molecular flexibility index (Phi) is 6.42. The van der Waals surface area contributed by atoms with Gasteiger partial charge in [0.15, 0.2) is 5.82 Å². The molecule has 160 valence electrons. The van der Waals surface area contributed by atoms with Crippen molar-refractivity contribution in [3.05, 3.63) is 35.7 Å². The zero-order chi connectivity index (χ0) is 20.9. The number of benzene rings is 1. The fraction of sp³-hybridized carbons (Fsp3) is 0.545. The van der Waals surface area contributed by atoms with Crippen molar-refractivity contribution in [1.82, 2.24) is 24.8 Å². The average molecular weight is 412 g/mol. The molecule has 0 unspecified atom stereocenters. The molecule has 0 saturated carbocycles. The molecule has 8 heteroatoms. The van der Waals surface area contributed by atoms with Crippen LogP contribution >= 0.6 is 0 Å². The van der Waals surface area contributed by atoms with Gasteiger partial charge in [-0.15, -0.1) is 0 Å². The highest BCUT2D eigenvalue weighted by atomic mass is 16.5. The van der Waals surface area contributed by atoms with Crippen LogP contribution in [0.3, 0.4) is 0 Å². The number of rotatable bonds is 4. The number of aryl methyl sites for hydroxylation is 1. The maximum Gasteiger partial charge on any atom is 0.257 e. The van der Waals surface area contributed by atoms with Gasteiger partial charge in [-0.1, -0.05) is 18.0 Å². The zero-order valence-electron chi connectivity index (χ0n) is 17.5. The number of hydrogen-bond acceptors (Lipinski definition) is 6. The molecule has 0 spiro atoms. The highest BCUT2D eigenvalue weighted by Gasteiger charge is 2.25. The molecule has 4 rings (SSSR count). The van der Waals surface area contributed by atoms with Crippen LogP contribution in [0.5, 0.6) is 0 Å². The lowest BCUT2D eigenvalue weighted by Crippen LogP contribution is -2.51. The lowest BCUT2D eigenvalue weighted by atomic mass is 10.1. The molecule has 8 nitrogen and oxygen atoms in total. The van der Waals surface area contributed by atoms with Gasteiger partial charge in [-0.2, -0.15) is 4.98 Å². The summed E-state index contributed by atoms with van der Waals surface area (Å²) < 4.78 is 5.17. The Hall–Kier alpha value is -2.74. The van der Waals surface area contributed by atoms with Crippen molar-refractivity contribution in [2.24, 2.45) is 0 Å². The summed E-state index contributed by atoms with van der Waals surface area (Å²) in [6.45, 7) is 6.72. The first kappa shape index (κ1) is 20.5. The molecule has 3 heterocycles. The summed E-state index contributed by atoms with van der Waals surface area (Å²) in [7, 11) is 0. The van der Waals surface area contributed by atoms with Gasteiger partial charge in [-0.25, -0.2) is 0 Å². The van der Waals surface area contributed by atoms with E-state index >= 15 is 0 Å². The van der Waals surface area contributed by atoms with Crippen LogP contribution in [-0.4, -0.2) is 82.5 Å². The van der Waals surface area contributed by atoms with Gasteiger partial charge in [0.2, 0.25) is 5.91 Å². The number of piperazine rings is 1. The van der Waals surface area contributed by atoms with E-state index in [1.807, 2.05) is 21.9 Å². The molecule has 1 aromatic heterocycles. The third kappa shape index (κ3) is 4.87. The zero-order valence-corrected chi connectivity index (χ0v) is 17.5. The quantitative estimate of drug-likeness (QED) is 0.767. The highest BCUT2D eigenvalue weighted by molar-refractivity contribution is 5.94. The molecule has 2 aromatic rings. The fourth-order valence-electron chi connectivity index (χ4n) is 4.07. The Morgan fingerprint density at radius 3 is 2.17 bits per heavy atom. The SMILES string of the molecule is Cc1noc(-c2ccc(C(=O)N3CCN(CC(=O)N4CCCCCC4)CC3)cc2)n1. The van der Waals surface area contributed by atoms with Crippen LogP contribution in [0.15, 0.2) is 28.8 Å². The van der Waals surface area contributed by atoms with Gasteiger partial charge < -0.3 is 14.3 Å². The molecule has 0 bridgehead atoms. The number of nitrogens with zero attached hydrogens (tertiary/aromatic N) is 5. The number of amides is 2. The standard InChI is InChI=1S/C22H29N5O3/c1-17-23-21(30-24-17)18-6-8-19(9-7-18)22(29)27-14-12-25(13-15-27)16-20(28)26-10-4-2-3-5-11-26/h6-9H,2-5,10-16H2,1H3. The van der Waals surface area contributed by atoms with Gasteiger partial charge in [0, 0.05) is 50.4 Å². The minimum absolute atomic E-state index is 0.0155. The summed E-state index contributed by atoms with van der Waals surface area (Å²) in [4.78, 5) is 35.7. The first-order valence-corrected chi connectivity index (χ1v) is 10.8. The van der Waals surface area contributed by atoms with Gasteiger partial charge in [0.1, 0.15) is 0 Å². The molecule has 30 heavy (non-hydrogen) atoms. The lowest BCUT2D eigenvalue weighted by molar-refractivity contribution is -0.132. The molecule has 2 aliphatic heterocycles. The van der Waals surface area contributed by atoms with Crippen LogP contribution in [0.4, 0.5) is 0 Å². The van der Waals surface area contributed by atoms with E-state index in [2.05, 4.69) is 15.0 Å². The second-order valence-corrected chi connectivity index (χ2v) is 8.09. The van der Waals surface area contributed by atoms with Crippen LogP contribution in [0.2, 0.25) is 0 Å². The third-order valence-electron chi connectivity index (χ3n) is 5.88. The van der Waals surface area contributed by atoms with E-state index in [0.717, 1.165) is 44.6 Å². The molecule has 0 N–H and O–H groups in total. The van der Waals surface area contributed by atoms with E-state index in [1.165, 1.54) is 12.8 Å². The molecule has 2 amide bonds. The van der Waals surface area contributed by atoms with Crippen molar-refractivity contribution in [1.29, 1.82) is 0 Å². The summed E-state index contributed by atoms with van der Waals surface area (Å²) in [6, 6.07) is 7.26. The van der Waals surface area contributed by atoms with Crippen LogP contribution in [0, 0.1) is 6.92 Å². The van der Waals surface area contributed by atoms with E-state index in [0.29, 0.717) is 36.9 Å². The van der Waals surface area contributed by atoms with E-state index < -0.39 is 0 Å². The lowest BCUT2D eigenvalue weighted by Gasteiger charge is -2.35. The summed E-state index contributed by atoms with van der Waals surface area (Å²) in [5.74, 6) is 1.27. The van der Waals surface area contributed by atoms with Crippen LogP contribution in [0.25, 0.3) is 11.5 Å². The summed E-state index contributed by atoms with van der Waals surface area (Å²) >= 11 is 0. The number of carbonyl (C=O) groups excluding carboxylic acids is 2. The van der Waals surface area contributed by atoms with Crippen molar-refractivity contribution in [2.75, 3.05) is 45.8 Å². The van der Waals surface area contributed by atoms with Crippen molar-refractivity contribution >= 4 is 11.8 Å². The Labute approximate surface area is 176 Å². The molecule has 0 aliphatic carbocycles. The Balaban J connectivity index is 1.28. The molecular formula is C22H29N5O3. The molecule has 0 atom stereocenters. The normalized spacial score (nSPS) is 18.3. The number of hydrogen-bond donors (Lipinski definition) is 0. The van der Waals surface area contributed by atoms with E-state index in [1.54, 1.807) is 19.1 Å². The first-order chi connectivity index (χ1) is 14.6. The maximum absolute atomic E-state index is 12.8. The van der Waals surface area contributed by atoms with Gasteiger partial charge in [-0.05, 0) is 44.0 Å². The first-order valence-electron chi connectivity index (χ1n) is 10.8. The molecule has 1 aromatic carbocycles. The van der Waals surface area contributed by atoms with Crippen LogP contribution in [0.1, 0.15) is 41.9 Å². The third-order valence-corrected chi connectivity index (χ3v) is 5.88. The number of aromatic nitrogens is 2.